The van der Waals surface area contributed by atoms with Crippen LogP contribution in [0.4, 0.5) is 0 Å². The summed E-state index contributed by atoms with van der Waals surface area (Å²) in [5.74, 6) is 1.57. The molecule has 0 saturated carbocycles. The molecular formula is C23H39N3O2. The summed E-state index contributed by atoms with van der Waals surface area (Å²) in [6.45, 7) is 12.6. The zero-order chi connectivity index (χ0) is 20.1. The van der Waals surface area contributed by atoms with Gasteiger partial charge in [0.05, 0.1) is 0 Å². The van der Waals surface area contributed by atoms with Gasteiger partial charge in [-0.25, -0.2) is 0 Å². The van der Waals surface area contributed by atoms with Crippen LogP contribution in [0.1, 0.15) is 45.6 Å². The molecule has 28 heavy (non-hydrogen) atoms. The number of hydrogen-bond acceptors (Lipinski definition) is 3. The lowest BCUT2D eigenvalue weighted by molar-refractivity contribution is 0.0203. The highest BCUT2D eigenvalue weighted by Crippen LogP contribution is 2.22. The van der Waals surface area contributed by atoms with Crippen LogP contribution in [0.2, 0.25) is 0 Å². The summed E-state index contributed by atoms with van der Waals surface area (Å²) < 4.78 is 11.2. The second-order valence-electron chi connectivity index (χ2n) is 8.43. The molecule has 5 nitrogen and oxygen atoms in total. The van der Waals surface area contributed by atoms with Gasteiger partial charge in [-0.2, -0.15) is 0 Å². The van der Waals surface area contributed by atoms with E-state index in [1.165, 1.54) is 5.56 Å². The van der Waals surface area contributed by atoms with Gasteiger partial charge >= 0.3 is 0 Å². The molecule has 0 atom stereocenters. The van der Waals surface area contributed by atoms with Gasteiger partial charge in [0.25, 0.3) is 0 Å². The predicted molar refractivity (Wildman–Crippen MR) is 117 cm³/mol. The minimum absolute atomic E-state index is 0.122. The highest BCUT2D eigenvalue weighted by atomic mass is 16.5. The summed E-state index contributed by atoms with van der Waals surface area (Å²) in [6.07, 6.45) is 4.28. The zero-order valence-corrected chi connectivity index (χ0v) is 18.0. The largest absolute Gasteiger partial charge is 0.381 e. The van der Waals surface area contributed by atoms with Crippen molar-refractivity contribution in [1.29, 1.82) is 0 Å². The first-order valence-electron chi connectivity index (χ1n) is 10.8. The Morgan fingerprint density at radius 2 is 1.93 bits per heavy atom. The maximum atomic E-state index is 5.84. The van der Waals surface area contributed by atoms with Gasteiger partial charge in [-0.05, 0) is 49.5 Å². The molecule has 0 aliphatic carbocycles. The van der Waals surface area contributed by atoms with Crippen molar-refractivity contribution < 1.29 is 9.47 Å². The van der Waals surface area contributed by atoms with Crippen LogP contribution in [0.25, 0.3) is 0 Å². The maximum Gasteiger partial charge on any atom is 0.191 e. The van der Waals surface area contributed by atoms with E-state index < -0.39 is 0 Å². The van der Waals surface area contributed by atoms with E-state index in [0.29, 0.717) is 5.92 Å². The molecule has 0 aromatic heterocycles. The third-order valence-electron chi connectivity index (χ3n) is 4.99. The van der Waals surface area contributed by atoms with E-state index >= 15 is 0 Å². The molecule has 0 unspecified atom stereocenters. The van der Waals surface area contributed by atoms with Crippen molar-refractivity contribution in [2.45, 2.75) is 46.5 Å². The molecule has 1 heterocycles. The minimum atomic E-state index is 0.122. The number of hydrogen-bond donors (Lipinski definition) is 2. The summed E-state index contributed by atoms with van der Waals surface area (Å²) in [7, 11) is 0. The molecule has 2 N–H and O–H groups in total. The van der Waals surface area contributed by atoms with Gasteiger partial charge < -0.3 is 20.1 Å². The Labute approximate surface area is 171 Å². The summed E-state index contributed by atoms with van der Waals surface area (Å²) in [4.78, 5) is 4.81. The molecule has 1 aromatic rings. The normalized spacial score (nSPS) is 16.2. The average molecular weight is 390 g/mol. The highest BCUT2D eigenvalue weighted by Gasteiger charge is 2.18. The Balaban J connectivity index is 1.66. The number of benzene rings is 1. The lowest BCUT2D eigenvalue weighted by Gasteiger charge is -2.23. The van der Waals surface area contributed by atoms with E-state index in [0.717, 1.165) is 77.7 Å². The highest BCUT2D eigenvalue weighted by molar-refractivity contribution is 5.79. The Hall–Kier alpha value is -1.59. The van der Waals surface area contributed by atoms with Crippen LogP contribution in [0.5, 0.6) is 0 Å². The minimum Gasteiger partial charge on any atom is -0.381 e. The van der Waals surface area contributed by atoms with E-state index in [1.807, 2.05) is 0 Å². The van der Waals surface area contributed by atoms with Gasteiger partial charge in [-0.3, -0.25) is 4.99 Å². The summed E-state index contributed by atoms with van der Waals surface area (Å²) >= 11 is 0. The third-order valence-corrected chi connectivity index (χ3v) is 4.99. The Bertz CT molecular complexity index is 554. The van der Waals surface area contributed by atoms with Gasteiger partial charge in [-0.1, -0.05) is 44.2 Å². The topological polar surface area (TPSA) is 54.9 Å². The average Bonchev–Trinajstić information content (AvgIpc) is 2.70. The van der Waals surface area contributed by atoms with Crippen molar-refractivity contribution in [2.24, 2.45) is 16.3 Å². The fourth-order valence-corrected chi connectivity index (χ4v) is 3.38. The van der Waals surface area contributed by atoms with Gasteiger partial charge in [0.15, 0.2) is 5.96 Å². The second kappa shape index (κ2) is 12.8. The Morgan fingerprint density at radius 3 is 2.64 bits per heavy atom. The molecule has 0 spiro atoms. The number of aliphatic imine (C=N–C) groups is 1. The van der Waals surface area contributed by atoms with Crippen LogP contribution in [0.3, 0.4) is 0 Å². The van der Waals surface area contributed by atoms with Gasteiger partial charge in [0, 0.05) is 46.1 Å². The zero-order valence-electron chi connectivity index (χ0n) is 18.0. The molecule has 158 valence electrons. The van der Waals surface area contributed by atoms with Crippen molar-refractivity contribution in [2.75, 3.05) is 46.1 Å². The van der Waals surface area contributed by atoms with Crippen molar-refractivity contribution in [3.8, 4) is 0 Å². The van der Waals surface area contributed by atoms with Gasteiger partial charge in [0.1, 0.15) is 0 Å². The number of rotatable bonds is 11. The van der Waals surface area contributed by atoms with E-state index in [2.05, 4.69) is 61.7 Å². The molecule has 1 fully saturated rings. The SMILES string of the molecule is CCNC(=NCC(C)(C)Cc1ccccc1)NCCCOCC1CCOCC1. The smallest absolute Gasteiger partial charge is 0.191 e. The molecule has 1 aromatic carbocycles. The van der Waals surface area contributed by atoms with Gasteiger partial charge in [-0.15, -0.1) is 0 Å². The molecule has 5 heteroatoms. The molecular weight excluding hydrogens is 350 g/mol. The lowest BCUT2D eigenvalue weighted by Crippen LogP contribution is -2.39. The van der Waals surface area contributed by atoms with E-state index in [4.69, 9.17) is 14.5 Å². The number of nitrogens with zero attached hydrogens (tertiary/aromatic N) is 1. The summed E-state index contributed by atoms with van der Waals surface area (Å²) in [6, 6.07) is 10.6. The molecule has 1 aliphatic heterocycles. The van der Waals surface area contributed by atoms with Crippen LogP contribution < -0.4 is 10.6 Å². The number of nitrogens with one attached hydrogen (secondary N) is 2. The Morgan fingerprint density at radius 1 is 1.18 bits per heavy atom. The number of ether oxygens (including phenoxy) is 2. The Kier molecular flexibility index (Phi) is 10.4. The molecule has 1 saturated heterocycles. The molecule has 2 rings (SSSR count). The van der Waals surface area contributed by atoms with Crippen molar-refractivity contribution in [3.63, 3.8) is 0 Å². The lowest BCUT2D eigenvalue weighted by atomic mass is 9.86. The fraction of sp³-hybridized carbons (Fsp3) is 0.696. The van der Waals surface area contributed by atoms with Gasteiger partial charge in [0.2, 0.25) is 0 Å². The maximum absolute atomic E-state index is 5.84. The van der Waals surface area contributed by atoms with Crippen molar-refractivity contribution in [3.05, 3.63) is 35.9 Å². The second-order valence-corrected chi connectivity index (χ2v) is 8.43. The quantitative estimate of drug-likeness (QED) is 0.345. The predicted octanol–water partition coefficient (Wildman–Crippen LogP) is 3.64. The monoisotopic (exact) mass is 389 g/mol. The van der Waals surface area contributed by atoms with Crippen molar-refractivity contribution in [1.82, 2.24) is 10.6 Å². The molecule has 0 radical (unpaired) electrons. The van der Waals surface area contributed by atoms with Crippen LogP contribution in [0.15, 0.2) is 35.3 Å². The van der Waals surface area contributed by atoms with Crippen LogP contribution in [0, 0.1) is 11.3 Å². The summed E-state index contributed by atoms with van der Waals surface area (Å²) in [5, 5.41) is 6.78. The third kappa shape index (κ3) is 9.56. The van der Waals surface area contributed by atoms with E-state index in [1.54, 1.807) is 0 Å². The van der Waals surface area contributed by atoms with Crippen LogP contribution in [-0.4, -0.2) is 52.0 Å². The molecule has 1 aliphatic rings. The summed E-state index contributed by atoms with van der Waals surface area (Å²) in [5.41, 5.74) is 1.48. The molecule has 0 amide bonds. The van der Waals surface area contributed by atoms with Crippen LogP contribution in [-0.2, 0) is 15.9 Å². The number of guanidine groups is 1. The van der Waals surface area contributed by atoms with Crippen molar-refractivity contribution >= 4 is 5.96 Å². The first kappa shape index (κ1) is 22.7. The van der Waals surface area contributed by atoms with Crippen LogP contribution >= 0.6 is 0 Å². The van der Waals surface area contributed by atoms with E-state index in [-0.39, 0.29) is 5.41 Å². The van der Waals surface area contributed by atoms with E-state index in [9.17, 15) is 0 Å². The molecule has 0 bridgehead atoms. The standard InChI is InChI=1S/C23H39N3O2/c1-4-24-22(25-13-8-14-28-18-21-11-15-27-16-12-21)26-19-23(2,3)17-20-9-6-5-7-10-20/h5-7,9-10,21H,4,8,11-19H2,1-3H3,(H2,24,25,26). The first-order chi connectivity index (χ1) is 13.6. The fourth-order valence-electron chi connectivity index (χ4n) is 3.38. The first-order valence-corrected chi connectivity index (χ1v) is 10.8.